The van der Waals surface area contributed by atoms with Crippen molar-refractivity contribution in [3.8, 4) is 5.88 Å². The van der Waals surface area contributed by atoms with Gasteiger partial charge in [0.1, 0.15) is 0 Å². The highest BCUT2D eigenvalue weighted by Gasteiger charge is 2.15. The normalized spacial score (nSPS) is 11.0. The molecule has 0 radical (unpaired) electrons. The van der Waals surface area contributed by atoms with E-state index in [1.54, 1.807) is 6.20 Å². The number of hydrogen-bond donors (Lipinski definition) is 2. The molecule has 0 aliphatic carbocycles. The lowest BCUT2D eigenvalue weighted by molar-refractivity contribution is 0.239. The van der Waals surface area contributed by atoms with Crippen LogP contribution in [0.1, 0.15) is 48.9 Å². The number of nitrogens with zero attached hydrogens (tertiary/aromatic N) is 1. The minimum atomic E-state index is -0.288. The van der Waals surface area contributed by atoms with E-state index in [4.69, 9.17) is 0 Å². The van der Waals surface area contributed by atoms with Crippen molar-refractivity contribution in [1.29, 1.82) is 0 Å². The first-order valence-corrected chi connectivity index (χ1v) is 8.20. The first kappa shape index (κ1) is 17.1. The number of benzene rings is 1. The minimum absolute atomic E-state index is 0.0452. The van der Waals surface area contributed by atoms with Crippen molar-refractivity contribution in [3.05, 3.63) is 52.7 Å². The smallest absolute Gasteiger partial charge is 0.328 e. The number of aromatic hydroxyl groups is 1. The van der Waals surface area contributed by atoms with E-state index in [-0.39, 0.29) is 11.9 Å². The van der Waals surface area contributed by atoms with Crippen LogP contribution in [0.3, 0.4) is 0 Å². The molecule has 0 bridgehead atoms. The highest BCUT2D eigenvalue weighted by Crippen LogP contribution is 2.23. The van der Waals surface area contributed by atoms with Crippen LogP contribution in [-0.4, -0.2) is 22.2 Å². The van der Waals surface area contributed by atoms with Crippen LogP contribution in [0.4, 0.5) is 4.79 Å². The van der Waals surface area contributed by atoms with Gasteiger partial charge < -0.3 is 10.4 Å². The highest BCUT2D eigenvalue weighted by molar-refractivity contribution is 5.79. The summed E-state index contributed by atoms with van der Waals surface area (Å²) in [6, 6.07) is 8.19. The number of carbonyl (C=O) groups excluding carboxylic acids is 1. The zero-order chi connectivity index (χ0) is 17.0. The summed E-state index contributed by atoms with van der Waals surface area (Å²) in [5.74, 6) is 0.570. The second-order valence-corrected chi connectivity index (χ2v) is 6.22. The fourth-order valence-corrected chi connectivity index (χ4v) is 2.71. The number of carbonyl (C=O) groups is 1. The Labute approximate surface area is 138 Å². The summed E-state index contributed by atoms with van der Waals surface area (Å²) in [4.78, 5) is 12.2. The average molecular weight is 314 g/mol. The van der Waals surface area contributed by atoms with Gasteiger partial charge in [-0.25, -0.2) is 9.36 Å². The Morgan fingerprint density at radius 2 is 1.91 bits per heavy atom. The Hall–Kier alpha value is -2.23. The first-order chi connectivity index (χ1) is 10.9. The van der Waals surface area contributed by atoms with Crippen molar-refractivity contribution in [1.82, 2.24) is 9.88 Å². The average Bonchev–Trinajstić information content (AvgIpc) is 2.82. The number of amides is 1. The summed E-state index contributed by atoms with van der Waals surface area (Å²) >= 11 is 0. The third-order valence-electron chi connectivity index (χ3n) is 4.21. The van der Waals surface area contributed by atoms with E-state index in [9.17, 15) is 9.90 Å². The summed E-state index contributed by atoms with van der Waals surface area (Å²) in [7, 11) is 0. The summed E-state index contributed by atoms with van der Waals surface area (Å²) in [6.45, 7) is 8.75. The SMILES string of the molecule is CCc1c(C)cn(C(=O)NCCc2ccc(C(C)C)cc2)c1O. The van der Waals surface area contributed by atoms with Gasteiger partial charge in [0.2, 0.25) is 5.88 Å². The molecular formula is C19H26N2O2. The predicted molar refractivity (Wildman–Crippen MR) is 93.2 cm³/mol. The molecule has 0 spiro atoms. The summed E-state index contributed by atoms with van der Waals surface area (Å²) in [6.07, 6.45) is 3.16. The molecule has 4 nitrogen and oxygen atoms in total. The van der Waals surface area contributed by atoms with Gasteiger partial charge in [-0.05, 0) is 42.4 Å². The monoisotopic (exact) mass is 314 g/mol. The number of aryl methyl sites for hydroxylation is 1. The van der Waals surface area contributed by atoms with Crippen molar-refractivity contribution in [2.75, 3.05) is 6.54 Å². The number of nitrogens with one attached hydrogen (secondary N) is 1. The second kappa shape index (κ2) is 7.36. The van der Waals surface area contributed by atoms with E-state index >= 15 is 0 Å². The molecule has 124 valence electrons. The molecule has 1 amide bonds. The zero-order valence-electron chi connectivity index (χ0n) is 14.4. The third kappa shape index (κ3) is 3.95. The maximum Gasteiger partial charge on any atom is 0.328 e. The van der Waals surface area contributed by atoms with Gasteiger partial charge in [-0.2, -0.15) is 0 Å². The van der Waals surface area contributed by atoms with Crippen LogP contribution in [0.5, 0.6) is 5.88 Å². The van der Waals surface area contributed by atoms with Crippen LogP contribution < -0.4 is 5.32 Å². The molecule has 0 fully saturated rings. The highest BCUT2D eigenvalue weighted by atomic mass is 16.3. The molecule has 0 aliphatic rings. The molecule has 0 atom stereocenters. The summed E-state index contributed by atoms with van der Waals surface area (Å²) in [5, 5.41) is 12.9. The van der Waals surface area contributed by atoms with E-state index in [2.05, 4.69) is 43.4 Å². The van der Waals surface area contributed by atoms with Gasteiger partial charge in [0, 0.05) is 18.3 Å². The molecule has 2 aromatic rings. The van der Waals surface area contributed by atoms with Crippen molar-refractivity contribution in [2.45, 2.75) is 46.5 Å². The Morgan fingerprint density at radius 3 is 2.43 bits per heavy atom. The van der Waals surface area contributed by atoms with Crippen LogP contribution in [0.25, 0.3) is 0 Å². The lowest BCUT2D eigenvalue weighted by Crippen LogP contribution is -2.29. The zero-order valence-corrected chi connectivity index (χ0v) is 14.4. The second-order valence-electron chi connectivity index (χ2n) is 6.22. The van der Waals surface area contributed by atoms with Gasteiger partial charge in [0.25, 0.3) is 0 Å². The fourth-order valence-electron chi connectivity index (χ4n) is 2.71. The van der Waals surface area contributed by atoms with Crippen LogP contribution in [0.2, 0.25) is 0 Å². The Kier molecular flexibility index (Phi) is 5.48. The van der Waals surface area contributed by atoms with Crippen LogP contribution in [0.15, 0.2) is 30.5 Å². The van der Waals surface area contributed by atoms with Gasteiger partial charge >= 0.3 is 6.03 Å². The molecule has 4 heteroatoms. The fraction of sp³-hybridized carbons (Fsp3) is 0.421. The summed E-state index contributed by atoms with van der Waals surface area (Å²) < 4.78 is 1.29. The van der Waals surface area contributed by atoms with E-state index in [1.807, 2.05) is 13.8 Å². The molecule has 0 unspecified atom stereocenters. The van der Waals surface area contributed by atoms with E-state index in [1.165, 1.54) is 15.7 Å². The van der Waals surface area contributed by atoms with Crippen molar-refractivity contribution in [2.24, 2.45) is 0 Å². The predicted octanol–water partition coefficient (Wildman–Crippen LogP) is 3.99. The van der Waals surface area contributed by atoms with Crippen molar-refractivity contribution in [3.63, 3.8) is 0 Å². The van der Waals surface area contributed by atoms with E-state index < -0.39 is 0 Å². The molecule has 1 heterocycles. The topological polar surface area (TPSA) is 54.3 Å². The molecule has 0 saturated heterocycles. The minimum Gasteiger partial charge on any atom is -0.494 e. The first-order valence-electron chi connectivity index (χ1n) is 8.20. The molecule has 1 aromatic heterocycles. The molecule has 0 saturated carbocycles. The van der Waals surface area contributed by atoms with Crippen LogP contribution in [-0.2, 0) is 12.8 Å². The number of hydrogen-bond acceptors (Lipinski definition) is 2. The van der Waals surface area contributed by atoms with Gasteiger partial charge in [0.05, 0.1) is 0 Å². The van der Waals surface area contributed by atoms with E-state index in [0.717, 1.165) is 17.5 Å². The van der Waals surface area contributed by atoms with Crippen LogP contribution >= 0.6 is 0 Å². The number of rotatable bonds is 5. The van der Waals surface area contributed by atoms with Gasteiger partial charge in [-0.3, -0.25) is 0 Å². The Balaban J connectivity index is 1.92. The lowest BCUT2D eigenvalue weighted by Gasteiger charge is -2.09. The largest absolute Gasteiger partial charge is 0.494 e. The van der Waals surface area contributed by atoms with Gasteiger partial charge in [-0.15, -0.1) is 0 Å². The van der Waals surface area contributed by atoms with Crippen LogP contribution in [0, 0.1) is 6.92 Å². The summed E-state index contributed by atoms with van der Waals surface area (Å²) in [5.41, 5.74) is 4.27. The molecular weight excluding hydrogens is 288 g/mol. The lowest BCUT2D eigenvalue weighted by atomic mass is 10.0. The third-order valence-corrected chi connectivity index (χ3v) is 4.21. The quantitative estimate of drug-likeness (QED) is 0.877. The maximum absolute atomic E-state index is 12.2. The standard InChI is InChI=1S/C19H26N2O2/c1-5-17-14(4)12-21(18(17)22)19(23)20-11-10-15-6-8-16(9-7-15)13(2)3/h6-9,12-13,22H,5,10-11H2,1-4H3,(H,20,23). The van der Waals surface area contributed by atoms with Gasteiger partial charge in [-0.1, -0.05) is 45.0 Å². The molecule has 0 aliphatic heterocycles. The Morgan fingerprint density at radius 1 is 1.26 bits per heavy atom. The van der Waals surface area contributed by atoms with Gasteiger partial charge in [0.15, 0.2) is 0 Å². The van der Waals surface area contributed by atoms with Crippen molar-refractivity contribution < 1.29 is 9.90 Å². The van der Waals surface area contributed by atoms with Crippen molar-refractivity contribution >= 4 is 6.03 Å². The maximum atomic E-state index is 12.2. The van der Waals surface area contributed by atoms with E-state index in [0.29, 0.717) is 18.9 Å². The molecule has 2 N–H and O–H groups in total. The molecule has 2 rings (SSSR count). The molecule has 23 heavy (non-hydrogen) atoms. The Bertz CT molecular complexity index is 669. The molecule has 1 aromatic carbocycles. The number of aromatic nitrogens is 1.